The third-order valence-electron chi connectivity index (χ3n) is 3.55. The lowest BCUT2D eigenvalue weighted by atomic mass is 10.1. The van der Waals surface area contributed by atoms with Gasteiger partial charge in [-0.05, 0) is 39.3 Å². The van der Waals surface area contributed by atoms with Crippen molar-refractivity contribution in [2.45, 2.75) is 33.2 Å². The number of rotatable bonds is 4. The molecule has 0 N–H and O–H groups in total. The second-order valence-corrected chi connectivity index (χ2v) is 7.21. The van der Waals surface area contributed by atoms with Crippen LogP contribution in [-0.4, -0.2) is 32.8 Å². The lowest BCUT2D eigenvalue weighted by Gasteiger charge is -2.32. The van der Waals surface area contributed by atoms with E-state index in [1.165, 1.54) is 6.07 Å². The molecule has 0 radical (unpaired) electrons. The van der Waals surface area contributed by atoms with E-state index in [1.807, 2.05) is 13.8 Å². The fourth-order valence-electron chi connectivity index (χ4n) is 2.28. The number of nitro groups is 1. The van der Waals surface area contributed by atoms with Gasteiger partial charge in [0.15, 0.2) is 5.17 Å². The number of amidine groups is 1. The first-order valence-electron chi connectivity index (χ1n) is 7.09. The van der Waals surface area contributed by atoms with Crippen LogP contribution in [0.15, 0.2) is 35.3 Å². The number of hydrogen-bond donors (Lipinski definition) is 0. The monoisotopic (exact) mass is 319 g/mol. The van der Waals surface area contributed by atoms with Crippen LogP contribution in [0.3, 0.4) is 0 Å². The van der Waals surface area contributed by atoms with Gasteiger partial charge in [0.1, 0.15) is 0 Å². The number of nitrogens with zero attached hydrogens (tertiary/aromatic N) is 3. The van der Waals surface area contributed by atoms with E-state index in [9.17, 15) is 10.1 Å². The van der Waals surface area contributed by atoms with Crippen LogP contribution in [0.2, 0.25) is 0 Å². The lowest BCUT2D eigenvalue weighted by molar-refractivity contribution is -0.384. The molecule has 0 spiro atoms. The lowest BCUT2D eigenvalue weighted by Crippen LogP contribution is -2.43. The van der Waals surface area contributed by atoms with Gasteiger partial charge in [-0.2, -0.15) is 0 Å². The van der Waals surface area contributed by atoms with Gasteiger partial charge in [-0.15, -0.1) is 0 Å². The highest BCUT2D eigenvalue weighted by atomic mass is 32.2. The molecule has 0 unspecified atom stereocenters. The van der Waals surface area contributed by atoms with Crippen molar-refractivity contribution in [3.8, 4) is 0 Å². The zero-order valence-electron chi connectivity index (χ0n) is 13.4. The van der Waals surface area contributed by atoms with Crippen LogP contribution in [0.1, 0.15) is 26.3 Å². The number of thioether (sulfide) groups is 1. The van der Waals surface area contributed by atoms with Crippen molar-refractivity contribution < 1.29 is 4.92 Å². The molecule has 0 amide bonds. The Morgan fingerprint density at radius 1 is 1.55 bits per heavy atom. The van der Waals surface area contributed by atoms with Crippen molar-refractivity contribution in [2.75, 3.05) is 12.3 Å². The smallest absolute Gasteiger partial charge is 0.269 e. The molecule has 1 aromatic rings. The highest BCUT2D eigenvalue weighted by Gasteiger charge is 2.36. The number of aliphatic imine (C=N–C) groups is 1. The Hall–Kier alpha value is -1.82. The molecule has 1 aliphatic heterocycles. The predicted molar refractivity (Wildman–Crippen MR) is 93.0 cm³/mol. The molecule has 2 rings (SSSR count). The van der Waals surface area contributed by atoms with Gasteiger partial charge < -0.3 is 4.90 Å². The highest BCUT2D eigenvalue weighted by Crippen LogP contribution is 2.35. The fraction of sp³-hybridized carbons (Fsp3) is 0.438. The van der Waals surface area contributed by atoms with Gasteiger partial charge in [0.05, 0.1) is 10.6 Å². The molecule has 22 heavy (non-hydrogen) atoms. The molecule has 6 heteroatoms. The molecule has 0 bridgehead atoms. The zero-order chi connectivity index (χ0) is 16.5. The first kappa shape index (κ1) is 16.5. The second kappa shape index (κ2) is 6.12. The summed E-state index contributed by atoms with van der Waals surface area (Å²) in [5.41, 5.74) is 2.79. The Kier molecular flexibility index (Phi) is 4.60. The van der Waals surface area contributed by atoms with Crippen molar-refractivity contribution >= 4 is 28.3 Å². The van der Waals surface area contributed by atoms with Crippen LogP contribution in [0.4, 0.5) is 11.4 Å². The second-order valence-electron chi connectivity index (χ2n) is 6.27. The van der Waals surface area contributed by atoms with Crippen molar-refractivity contribution in [3.63, 3.8) is 0 Å². The van der Waals surface area contributed by atoms with E-state index in [-0.39, 0.29) is 16.1 Å². The van der Waals surface area contributed by atoms with Gasteiger partial charge in [0.2, 0.25) is 0 Å². The van der Waals surface area contributed by atoms with E-state index in [1.54, 1.807) is 23.9 Å². The molecule has 1 aromatic carbocycles. The molecule has 0 atom stereocenters. The Bertz CT molecular complexity index is 653. The minimum absolute atomic E-state index is 0.0249. The molecule has 1 heterocycles. The molecule has 1 saturated heterocycles. The van der Waals surface area contributed by atoms with Gasteiger partial charge in [-0.3, -0.25) is 10.1 Å². The minimum Gasteiger partial charge on any atom is -0.341 e. The zero-order valence-corrected chi connectivity index (χ0v) is 14.2. The van der Waals surface area contributed by atoms with E-state index in [0.29, 0.717) is 0 Å². The van der Waals surface area contributed by atoms with Gasteiger partial charge in [-0.25, -0.2) is 4.99 Å². The van der Waals surface area contributed by atoms with Crippen molar-refractivity contribution in [2.24, 2.45) is 4.99 Å². The molecule has 1 fully saturated rings. The molecular weight excluding hydrogens is 298 g/mol. The summed E-state index contributed by atoms with van der Waals surface area (Å²) in [5, 5.41) is 11.8. The Morgan fingerprint density at radius 3 is 2.77 bits per heavy atom. The van der Waals surface area contributed by atoms with Gasteiger partial charge in [0.25, 0.3) is 5.69 Å². The Labute approximate surface area is 135 Å². The molecular formula is C16H21N3O2S. The van der Waals surface area contributed by atoms with Crippen LogP contribution < -0.4 is 0 Å². The van der Waals surface area contributed by atoms with Crippen LogP contribution in [0.25, 0.3) is 0 Å². The number of aryl methyl sites for hydroxylation is 1. The van der Waals surface area contributed by atoms with E-state index in [2.05, 4.69) is 25.3 Å². The quantitative estimate of drug-likeness (QED) is 0.472. The van der Waals surface area contributed by atoms with Crippen LogP contribution >= 0.6 is 11.8 Å². The molecule has 0 aromatic heterocycles. The number of hydrogen-bond acceptors (Lipinski definition) is 4. The summed E-state index contributed by atoms with van der Waals surface area (Å²) < 4.78 is 0. The largest absolute Gasteiger partial charge is 0.341 e. The summed E-state index contributed by atoms with van der Waals surface area (Å²) in [6, 6.07) is 4.78. The SMILES string of the molecule is C=C(C)CN1/C(=N/c2ccc([N+](=O)[O-])cc2C)SCC1(C)C. The number of non-ortho nitro benzene ring substituents is 1. The van der Waals surface area contributed by atoms with Crippen LogP contribution in [-0.2, 0) is 0 Å². The van der Waals surface area contributed by atoms with E-state index in [0.717, 1.165) is 34.3 Å². The summed E-state index contributed by atoms with van der Waals surface area (Å²) in [7, 11) is 0. The average molecular weight is 319 g/mol. The Morgan fingerprint density at radius 2 is 2.23 bits per heavy atom. The maximum atomic E-state index is 10.8. The normalized spacial score (nSPS) is 18.7. The molecule has 0 aliphatic carbocycles. The van der Waals surface area contributed by atoms with Crippen molar-refractivity contribution in [3.05, 3.63) is 46.0 Å². The first-order chi connectivity index (χ1) is 10.2. The van der Waals surface area contributed by atoms with Crippen LogP contribution in [0, 0.1) is 17.0 Å². The van der Waals surface area contributed by atoms with Crippen LogP contribution in [0.5, 0.6) is 0 Å². The summed E-state index contributed by atoms with van der Waals surface area (Å²) in [6.45, 7) is 13.0. The van der Waals surface area contributed by atoms with Crippen molar-refractivity contribution in [1.82, 2.24) is 4.90 Å². The first-order valence-corrected chi connectivity index (χ1v) is 8.08. The highest BCUT2D eigenvalue weighted by molar-refractivity contribution is 8.14. The van der Waals surface area contributed by atoms with Gasteiger partial charge in [-0.1, -0.05) is 23.9 Å². The van der Waals surface area contributed by atoms with E-state index >= 15 is 0 Å². The summed E-state index contributed by atoms with van der Waals surface area (Å²) in [5.74, 6) is 0.963. The number of nitro benzene ring substituents is 1. The van der Waals surface area contributed by atoms with E-state index < -0.39 is 0 Å². The minimum atomic E-state index is -0.384. The molecule has 0 saturated carbocycles. The predicted octanol–water partition coefficient (Wildman–Crippen LogP) is 4.29. The maximum absolute atomic E-state index is 10.8. The molecule has 118 valence electrons. The average Bonchev–Trinajstić information content (AvgIpc) is 2.68. The molecule has 1 aliphatic rings. The third kappa shape index (κ3) is 3.50. The van der Waals surface area contributed by atoms with E-state index in [4.69, 9.17) is 4.99 Å². The third-order valence-corrected chi connectivity index (χ3v) is 4.97. The van der Waals surface area contributed by atoms with Crippen molar-refractivity contribution in [1.29, 1.82) is 0 Å². The summed E-state index contributed by atoms with van der Waals surface area (Å²) in [6.07, 6.45) is 0. The Balaban J connectivity index is 2.35. The molecule has 5 nitrogen and oxygen atoms in total. The maximum Gasteiger partial charge on any atom is 0.269 e. The van der Waals surface area contributed by atoms with Gasteiger partial charge in [0, 0.05) is 30.0 Å². The number of benzene rings is 1. The fourth-order valence-corrected chi connectivity index (χ4v) is 3.55. The standard InChI is InChI=1S/C16H21N3O2S/c1-11(2)9-18-15(22-10-16(18,4)5)17-14-7-6-13(19(20)21)8-12(14)3/h6-8H,1,9-10H2,2-5H3/b17-15-. The summed E-state index contributed by atoms with van der Waals surface area (Å²) in [4.78, 5) is 17.4. The summed E-state index contributed by atoms with van der Waals surface area (Å²) >= 11 is 1.71. The topological polar surface area (TPSA) is 58.7 Å². The van der Waals surface area contributed by atoms with Gasteiger partial charge >= 0.3 is 0 Å².